The van der Waals surface area contributed by atoms with Gasteiger partial charge in [0.05, 0.1) is 38.0 Å². The van der Waals surface area contributed by atoms with Gasteiger partial charge in [-0.1, -0.05) is 133 Å². The van der Waals surface area contributed by atoms with Gasteiger partial charge >= 0.3 is 0 Å². The molecule has 0 saturated heterocycles. The molecular formula is C46H28N4S. The van der Waals surface area contributed by atoms with E-state index in [2.05, 4.69) is 179 Å². The van der Waals surface area contributed by atoms with Crippen molar-refractivity contribution in [3.05, 3.63) is 170 Å². The van der Waals surface area contributed by atoms with Crippen molar-refractivity contribution < 1.29 is 0 Å². The van der Waals surface area contributed by atoms with Gasteiger partial charge in [-0.05, 0) is 47.5 Å². The van der Waals surface area contributed by atoms with Crippen molar-refractivity contribution in [1.82, 2.24) is 19.1 Å². The molecule has 0 fully saturated rings. The van der Waals surface area contributed by atoms with Crippen LogP contribution in [0.25, 0.3) is 97.9 Å². The number of hydrogen-bond acceptors (Lipinski definition) is 3. The van der Waals surface area contributed by atoms with Gasteiger partial charge in [-0.25, -0.2) is 9.97 Å². The Morgan fingerprint density at radius 3 is 1.73 bits per heavy atom. The van der Waals surface area contributed by atoms with Gasteiger partial charge in [0.1, 0.15) is 0 Å². The summed E-state index contributed by atoms with van der Waals surface area (Å²) in [6, 6.07) is 60.5. The third kappa shape index (κ3) is 4.19. The third-order valence-electron chi connectivity index (χ3n) is 10.1. The maximum atomic E-state index is 5.56. The first-order valence-electron chi connectivity index (χ1n) is 17.2. The third-order valence-corrected chi connectivity index (χ3v) is 11.3. The van der Waals surface area contributed by atoms with Crippen LogP contribution in [0.1, 0.15) is 0 Å². The van der Waals surface area contributed by atoms with Crippen LogP contribution in [-0.4, -0.2) is 19.1 Å². The normalized spacial score (nSPS) is 11.9. The lowest BCUT2D eigenvalue weighted by atomic mass is 10.0. The number of hydrogen-bond donors (Lipinski definition) is 0. The van der Waals surface area contributed by atoms with Crippen molar-refractivity contribution in [3.63, 3.8) is 0 Å². The van der Waals surface area contributed by atoms with Gasteiger partial charge in [-0.15, -0.1) is 11.3 Å². The molecule has 4 heterocycles. The van der Waals surface area contributed by atoms with Crippen molar-refractivity contribution >= 4 is 75.3 Å². The minimum atomic E-state index is 0.662. The van der Waals surface area contributed by atoms with Gasteiger partial charge in [0.2, 0.25) is 5.95 Å². The number of fused-ring (bicyclic) bond motifs is 10. The van der Waals surface area contributed by atoms with Crippen LogP contribution in [0.4, 0.5) is 0 Å². The summed E-state index contributed by atoms with van der Waals surface area (Å²) in [4.78, 5) is 11.0. The molecular weight excluding hydrogens is 641 g/mol. The number of nitrogens with zero attached hydrogens (tertiary/aromatic N) is 4. The van der Waals surface area contributed by atoms with Gasteiger partial charge in [0.15, 0.2) is 0 Å². The maximum Gasteiger partial charge on any atom is 0.235 e. The van der Waals surface area contributed by atoms with Gasteiger partial charge in [-0.2, -0.15) is 0 Å². The molecule has 238 valence electrons. The van der Waals surface area contributed by atoms with E-state index in [0.717, 1.165) is 54.7 Å². The molecule has 0 N–H and O–H groups in total. The Bertz CT molecular complexity index is 3130. The molecule has 0 aliphatic rings. The number of benzene rings is 7. The summed E-state index contributed by atoms with van der Waals surface area (Å²) in [6.07, 6.45) is 0. The van der Waals surface area contributed by atoms with Crippen molar-refractivity contribution in [2.45, 2.75) is 0 Å². The van der Waals surface area contributed by atoms with Crippen molar-refractivity contribution in [2.75, 3.05) is 0 Å². The lowest BCUT2D eigenvalue weighted by Crippen LogP contribution is -2.04. The molecule has 51 heavy (non-hydrogen) atoms. The van der Waals surface area contributed by atoms with Crippen LogP contribution in [0, 0.1) is 0 Å². The number of aromatic nitrogens is 4. The van der Waals surface area contributed by atoms with Crippen LogP contribution in [0.15, 0.2) is 170 Å². The summed E-state index contributed by atoms with van der Waals surface area (Å²) in [6.45, 7) is 0. The minimum absolute atomic E-state index is 0.662. The summed E-state index contributed by atoms with van der Waals surface area (Å²) >= 11 is 1.76. The van der Waals surface area contributed by atoms with E-state index in [1.54, 1.807) is 11.3 Å². The SMILES string of the molecule is c1ccc(-c2cccc(-c3nc(-n4c5ccccc5c5ccc6c7ccccc7n(-c7ccccc7)c6c54)nc4c3sc3ccccc34)c2)cc1. The highest BCUT2D eigenvalue weighted by Gasteiger charge is 2.24. The quantitative estimate of drug-likeness (QED) is 0.187. The van der Waals surface area contributed by atoms with Crippen molar-refractivity contribution in [1.29, 1.82) is 0 Å². The Balaban J connectivity index is 1.31. The predicted molar refractivity (Wildman–Crippen MR) is 214 cm³/mol. The molecule has 5 heteroatoms. The van der Waals surface area contributed by atoms with Crippen molar-refractivity contribution in [3.8, 4) is 34.0 Å². The summed E-state index contributed by atoms with van der Waals surface area (Å²) in [5.41, 5.74) is 10.9. The summed E-state index contributed by atoms with van der Waals surface area (Å²) < 4.78 is 7.01. The largest absolute Gasteiger partial charge is 0.307 e. The second-order valence-corrected chi connectivity index (χ2v) is 14.0. The molecule has 11 aromatic rings. The Hall–Kier alpha value is -6.56. The molecule has 4 nitrogen and oxygen atoms in total. The fourth-order valence-electron chi connectivity index (χ4n) is 7.91. The zero-order valence-electron chi connectivity index (χ0n) is 27.4. The smallest absolute Gasteiger partial charge is 0.235 e. The molecule has 0 amide bonds. The van der Waals surface area contributed by atoms with E-state index >= 15 is 0 Å². The Kier molecular flexibility index (Phi) is 6.09. The summed E-state index contributed by atoms with van der Waals surface area (Å²) in [7, 11) is 0. The molecule has 4 aromatic heterocycles. The van der Waals surface area contributed by atoms with Crippen LogP contribution in [0.2, 0.25) is 0 Å². The lowest BCUT2D eigenvalue weighted by molar-refractivity contribution is 1.02. The van der Waals surface area contributed by atoms with Crippen LogP contribution < -0.4 is 0 Å². The van der Waals surface area contributed by atoms with Crippen LogP contribution >= 0.6 is 11.3 Å². The Morgan fingerprint density at radius 2 is 0.980 bits per heavy atom. The zero-order chi connectivity index (χ0) is 33.5. The molecule has 0 radical (unpaired) electrons. The highest BCUT2D eigenvalue weighted by Crippen LogP contribution is 2.43. The molecule has 11 rings (SSSR count). The van der Waals surface area contributed by atoms with Crippen LogP contribution in [0.3, 0.4) is 0 Å². The first kappa shape index (κ1) is 28.3. The fraction of sp³-hybridized carbons (Fsp3) is 0. The molecule has 0 atom stereocenters. The maximum absolute atomic E-state index is 5.56. The molecule has 0 saturated carbocycles. The molecule has 0 spiro atoms. The predicted octanol–water partition coefficient (Wildman–Crippen LogP) is 12.4. The van der Waals surface area contributed by atoms with Gasteiger partial charge < -0.3 is 4.57 Å². The van der Waals surface area contributed by atoms with Crippen molar-refractivity contribution in [2.24, 2.45) is 0 Å². The summed E-state index contributed by atoms with van der Waals surface area (Å²) in [5.74, 6) is 0.662. The van der Waals surface area contributed by atoms with E-state index in [0.29, 0.717) is 5.95 Å². The monoisotopic (exact) mass is 668 g/mol. The first-order chi connectivity index (χ1) is 25.3. The highest BCUT2D eigenvalue weighted by molar-refractivity contribution is 7.26. The van der Waals surface area contributed by atoms with Crippen LogP contribution in [-0.2, 0) is 0 Å². The zero-order valence-corrected chi connectivity index (χ0v) is 28.2. The average Bonchev–Trinajstić information content (AvgIpc) is 3.86. The number of para-hydroxylation sites is 3. The molecule has 0 unspecified atom stereocenters. The molecule has 0 aliphatic carbocycles. The van der Waals surface area contributed by atoms with Gasteiger partial charge in [0.25, 0.3) is 0 Å². The second kappa shape index (κ2) is 11.0. The summed E-state index contributed by atoms with van der Waals surface area (Å²) in [5, 5.41) is 5.90. The Labute approximate surface area is 297 Å². The molecule has 0 bridgehead atoms. The van der Waals surface area contributed by atoms with E-state index in [1.807, 2.05) is 0 Å². The van der Waals surface area contributed by atoms with Crippen LogP contribution in [0.5, 0.6) is 0 Å². The fourth-order valence-corrected chi connectivity index (χ4v) is 9.06. The van der Waals surface area contributed by atoms with E-state index < -0.39 is 0 Å². The molecule has 7 aromatic carbocycles. The first-order valence-corrected chi connectivity index (χ1v) is 18.0. The van der Waals surface area contributed by atoms with Gasteiger partial charge in [-0.3, -0.25) is 4.57 Å². The topological polar surface area (TPSA) is 35.6 Å². The number of thiophene rings is 1. The van der Waals surface area contributed by atoms with E-state index in [-0.39, 0.29) is 0 Å². The lowest BCUT2D eigenvalue weighted by Gasteiger charge is -2.13. The van der Waals surface area contributed by atoms with Gasteiger partial charge in [0, 0.05) is 42.9 Å². The van der Waals surface area contributed by atoms with E-state index in [9.17, 15) is 0 Å². The van der Waals surface area contributed by atoms with E-state index in [1.165, 1.54) is 37.3 Å². The highest BCUT2D eigenvalue weighted by atomic mass is 32.1. The molecule has 0 aliphatic heterocycles. The second-order valence-electron chi connectivity index (χ2n) is 13.0. The average molecular weight is 669 g/mol. The minimum Gasteiger partial charge on any atom is -0.307 e. The van der Waals surface area contributed by atoms with E-state index in [4.69, 9.17) is 9.97 Å². The standard InChI is InChI=1S/C46H28N4S/c1-3-14-29(15-4-1)30-16-13-17-31(28-30)41-45-42(37-22-9-12-25-40(37)51-45)48-46(47-41)50-39-24-11-8-21-34(39)36-27-26-35-33-20-7-10-23-38(33)49(43(35)44(36)50)32-18-5-2-6-19-32/h1-28H. The number of rotatable bonds is 4. The Morgan fingerprint density at radius 1 is 0.412 bits per heavy atom.